The number of hydrogen-bond donors (Lipinski definition) is 2. The van der Waals surface area contributed by atoms with Gasteiger partial charge in [0.1, 0.15) is 17.2 Å². The molecule has 27 heavy (non-hydrogen) atoms. The lowest BCUT2D eigenvalue weighted by Gasteiger charge is -2.54. The molecule has 140 valence electrons. The molecule has 0 aliphatic carbocycles. The molecular formula is C22H26N4O. The maximum atomic E-state index is 10.1. The predicted molar refractivity (Wildman–Crippen MR) is 108 cm³/mol. The lowest BCUT2D eigenvalue weighted by atomic mass is 9.88. The van der Waals surface area contributed by atoms with Gasteiger partial charge in [0.05, 0.1) is 0 Å². The summed E-state index contributed by atoms with van der Waals surface area (Å²) < 4.78 is 0. The van der Waals surface area contributed by atoms with E-state index < -0.39 is 0 Å². The zero-order chi connectivity index (χ0) is 18.3. The van der Waals surface area contributed by atoms with Gasteiger partial charge in [0, 0.05) is 62.4 Å². The summed E-state index contributed by atoms with van der Waals surface area (Å²) in [4.78, 5) is 9.87. The van der Waals surface area contributed by atoms with Gasteiger partial charge in [-0.1, -0.05) is 30.3 Å². The number of rotatable bonds is 2. The molecule has 0 unspecified atom stereocenters. The first kappa shape index (κ1) is 16.6. The summed E-state index contributed by atoms with van der Waals surface area (Å²) in [6.07, 6.45) is 3.22. The Morgan fingerprint density at radius 2 is 1.78 bits per heavy atom. The molecule has 0 bridgehead atoms. The molecule has 0 amide bonds. The van der Waals surface area contributed by atoms with Gasteiger partial charge in [0.25, 0.3) is 0 Å². The van der Waals surface area contributed by atoms with Gasteiger partial charge in [0.2, 0.25) is 0 Å². The number of aliphatic imine (C=N–C) groups is 1. The Morgan fingerprint density at radius 3 is 2.63 bits per heavy atom. The number of phenolic OH excluding ortho intramolecular Hbond substituents is 1. The maximum Gasteiger partial charge on any atom is 0.134 e. The Balaban J connectivity index is 1.38. The number of fused-ring (bicyclic) bond motifs is 4. The summed E-state index contributed by atoms with van der Waals surface area (Å²) in [7, 11) is 0. The third kappa shape index (κ3) is 2.86. The molecule has 0 aromatic heterocycles. The van der Waals surface area contributed by atoms with Crippen molar-refractivity contribution in [1.82, 2.24) is 9.80 Å². The van der Waals surface area contributed by atoms with Crippen LogP contribution in [0.25, 0.3) is 0 Å². The number of nitrogens with zero attached hydrogens (tertiary/aromatic N) is 3. The summed E-state index contributed by atoms with van der Waals surface area (Å²) in [6.45, 7) is 4.82. The first-order valence-electron chi connectivity index (χ1n) is 9.94. The smallest absolute Gasteiger partial charge is 0.134 e. The summed E-state index contributed by atoms with van der Waals surface area (Å²) >= 11 is 0. The highest BCUT2D eigenvalue weighted by Crippen LogP contribution is 2.39. The Hall–Kier alpha value is -2.53. The number of aromatic hydroxyl groups is 1. The molecule has 2 aromatic carbocycles. The number of benzene rings is 2. The number of amidine groups is 1. The molecule has 1 spiro atoms. The van der Waals surface area contributed by atoms with E-state index in [-0.39, 0.29) is 5.66 Å². The minimum atomic E-state index is -0.0389. The number of nitrogens with one attached hydrogen (secondary N) is 1. The van der Waals surface area contributed by atoms with Crippen LogP contribution < -0.4 is 5.32 Å². The third-order valence-corrected chi connectivity index (χ3v) is 6.18. The molecule has 2 aromatic rings. The minimum Gasteiger partial charge on any atom is -0.508 e. The van der Waals surface area contributed by atoms with Crippen LogP contribution in [0.2, 0.25) is 0 Å². The largest absolute Gasteiger partial charge is 0.508 e. The lowest BCUT2D eigenvalue weighted by Crippen LogP contribution is -2.65. The van der Waals surface area contributed by atoms with Gasteiger partial charge >= 0.3 is 0 Å². The monoisotopic (exact) mass is 362 g/mol. The number of para-hydroxylation sites is 2. The molecule has 5 rings (SSSR count). The number of phenols is 1. The number of anilines is 1. The van der Waals surface area contributed by atoms with Gasteiger partial charge in [-0.25, -0.2) is 0 Å². The van der Waals surface area contributed by atoms with E-state index in [0.717, 1.165) is 57.5 Å². The zero-order valence-corrected chi connectivity index (χ0v) is 15.6. The van der Waals surface area contributed by atoms with Crippen molar-refractivity contribution in [2.75, 3.05) is 31.5 Å². The molecule has 0 saturated carbocycles. The van der Waals surface area contributed by atoms with Crippen molar-refractivity contribution >= 4 is 11.5 Å². The number of piperidine rings is 1. The van der Waals surface area contributed by atoms with Crippen LogP contribution in [0.1, 0.15) is 30.4 Å². The van der Waals surface area contributed by atoms with Gasteiger partial charge in [-0.3, -0.25) is 9.89 Å². The highest BCUT2D eigenvalue weighted by atomic mass is 16.3. The fourth-order valence-electron chi connectivity index (χ4n) is 4.72. The Morgan fingerprint density at radius 1 is 1.00 bits per heavy atom. The second-order valence-electron chi connectivity index (χ2n) is 7.82. The van der Waals surface area contributed by atoms with E-state index in [9.17, 15) is 5.11 Å². The molecule has 1 fully saturated rings. The first-order chi connectivity index (χ1) is 13.3. The lowest BCUT2D eigenvalue weighted by molar-refractivity contribution is 0.0796. The number of likely N-dealkylation sites (tertiary alicyclic amines) is 1. The molecule has 3 heterocycles. The van der Waals surface area contributed by atoms with Gasteiger partial charge in [-0.2, -0.15) is 0 Å². The molecule has 5 nitrogen and oxygen atoms in total. The average molecular weight is 362 g/mol. The molecule has 5 heteroatoms. The zero-order valence-electron chi connectivity index (χ0n) is 15.6. The summed E-state index contributed by atoms with van der Waals surface area (Å²) in [5, 5.41) is 14.0. The minimum absolute atomic E-state index is 0.0389. The predicted octanol–water partition coefficient (Wildman–Crippen LogP) is 3.26. The van der Waals surface area contributed by atoms with Crippen molar-refractivity contribution in [3.8, 4) is 5.75 Å². The van der Waals surface area contributed by atoms with Crippen LogP contribution >= 0.6 is 0 Å². The molecule has 1 saturated heterocycles. The molecule has 3 aliphatic heterocycles. The van der Waals surface area contributed by atoms with Crippen molar-refractivity contribution in [3.63, 3.8) is 0 Å². The van der Waals surface area contributed by atoms with E-state index in [2.05, 4.69) is 39.4 Å². The quantitative estimate of drug-likeness (QED) is 0.861. The van der Waals surface area contributed by atoms with Crippen molar-refractivity contribution < 1.29 is 5.11 Å². The average Bonchev–Trinajstić information content (AvgIpc) is 2.72. The van der Waals surface area contributed by atoms with E-state index in [0.29, 0.717) is 5.75 Å². The van der Waals surface area contributed by atoms with Crippen LogP contribution in [-0.4, -0.2) is 52.6 Å². The fourth-order valence-corrected chi connectivity index (χ4v) is 4.72. The van der Waals surface area contributed by atoms with E-state index >= 15 is 0 Å². The summed E-state index contributed by atoms with van der Waals surface area (Å²) in [5.41, 5.74) is 3.42. The maximum absolute atomic E-state index is 10.1. The molecule has 3 aliphatic rings. The van der Waals surface area contributed by atoms with E-state index in [1.165, 1.54) is 17.1 Å². The summed E-state index contributed by atoms with van der Waals surface area (Å²) in [5.74, 6) is 1.57. The van der Waals surface area contributed by atoms with Gasteiger partial charge in [-0.05, 0) is 24.6 Å². The van der Waals surface area contributed by atoms with Crippen molar-refractivity contribution in [1.29, 1.82) is 0 Å². The van der Waals surface area contributed by atoms with Crippen LogP contribution in [0.3, 0.4) is 0 Å². The van der Waals surface area contributed by atoms with Crippen molar-refractivity contribution in [3.05, 3.63) is 59.7 Å². The standard InChI is InChI=1S/C22H26N4O/c27-20-9-4-1-6-17(20)16-25-14-10-22(11-15-25)24-19-8-3-2-7-18(19)21-23-12-5-13-26(21)22/h1-4,6-9,24,27H,5,10-16H2. The van der Waals surface area contributed by atoms with E-state index in [1.807, 2.05) is 18.2 Å². The molecule has 0 radical (unpaired) electrons. The SMILES string of the molecule is Oc1ccccc1CN1CCC2(CC1)Nc1ccccc1C1=NCCCN12. The number of hydrogen-bond acceptors (Lipinski definition) is 5. The van der Waals surface area contributed by atoms with Crippen LogP contribution in [0.15, 0.2) is 53.5 Å². The highest BCUT2D eigenvalue weighted by molar-refractivity contribution is 6.06. The summed E-state index contributed by atoms with van der Waals surface area (Å²) in [6, 6.07) is 16.2. The Kier molecular flexibility index (Phi) is 4.05. The van der Waals surface area contributed by atoms with Gasteiger partial charge < -0.3 is 15.3 Å². The second kappa shape index (κ2) is 6.57. The fraction of sp³-hybridized carbons (Fsp3) is 0.409. The van der Waals surface area contributed by atoms with E-state index in [4.69, 9.17) is 4.99 Å². The first-order valence-corrected chi connectivity index (χ1v) is 9.94. The molecular weight excluding hydrogens is 336 g/mol. The topological polar surface area (TPSA) is 51.1 Å². The van der Waals surface area contributed by atoms with Gasteiger partial charge in [0.15, 0.2) is 0 Å². The van der Waals surface area contributed by atoms with Crippen LogP contribution in [0, 0.1) is 0 Å². The molecule has 2 N–H and O–H groups in total. The Bertz CT molecular complexity index is 870. The van der Waals surface area contributed by atoms with Crippen molar-refractivity contribution in [2.45, 2.75) is 31.5 Å². The third-order valence-electron chi connectivity index (χ3n) is 6.18. The second-order valence-corrected chi connectivity index (χ2v) is 7.82. The van der Waals surface area contributed by atoms with Crippen LogP contribution in [-0.2, 0) is 6.54 Å². The normalized spacial score (nSPS) is 21.2. The van der Waals surface area contributed by atoms with Crippen LogP contribution in [0.4, 0.5) is 5.69 Å². The van der Waals surface area contributed by atoms with Crippen LogP contribution in [0.5, 0.6) is 5.75 Å². The van der Waals surface area contributed by atoms with E-state index in [1.54, 1.807) is 6.07 Å². The molecule has 0 atom stereocenters. The van der Waals surface area contributed by atoms with Crippen molar-refractivity contribution in [2.24, 2.45) is 4.99 Å². The van der Waals surface area contributed by atoms with Gasteiger partial charge in [-0.15, -0.1) is 0 Å². The Labute approximate surface area is 160 Å². The highest BCUT2D eigenvalue weighted by Gasteiger charge is 2.45.